The predicted octanol–water partition coefficient (Wildman–Crippen LogP) is 2.56. The second-order valence-electron chi connectivity index (χ2n) is 4.74. The van der Waals surface area contributed by atoms with E-state index in [1.54, 1.807) is 31.2 Å². The number of carbonyl (C=O) groups excluding carboxylic acids is 1. The van der Waals surface area contributed by atoms with Crippen LogP contribution in [-0.2, 0) is 4.79 Å². The average molecular weight is 295 g/mol. The van der Waals surface area contributed by atoms with E-state index >= 15 is 0 Å². The van der Waals surface area contributed by atoms with Gasteiger partial charge in [0.15, 0.2) is 0 Å². The van der Waals surface area contributed by atoms with Crippen LogP contribution in [0.15, 0.2) is 65.9 Å². The van der Waals surface area contributed by atoms with E-state index in [1.165, 1.54) is 0 Å². The number of hydrogen-bond acceptors (Lipinski definition) is 4. The van der Waals surface area contributed by atoms with E-state index in [4.69, 9.17) is 21.6 Å². The van der Waals surface area contributed by atoms with E-state index in [9.17, 15) is 4.79 Å². The lowest BCUT2D eigenvalue weighted by Crippen LogP contribution is -2.24. The normalized spacial score (nSPS) is 11.5. The smallest absolute Gasteiger partial charge is 0.252 e. The van der Waals surface area contributed by atoms with E-state index in [0.717, 1.165) is 5.75 Å². The van der Waals surface area contributed by atoms with Gasteiger partial charge >= 0.3 is 0 Å². The number of para-hydroxylation sites is 1. The van der Waals surface area contributed by atoms with Gasteiger partial charge in [-0.1, -0.05) is 18.2 Å². The van der Waals surface area contributed by atoms with Gasteiger partial charge in [0, 0.05) is 11.3 Å². The molecule has 0 unspecified atom stereocenters. The van der Waals surface area contributed by atoms with Gasteiger partial charge in [0.1, 0.15) is 11.5 Å². The fraction of sp³-hybridized carbons (Fsp3) is 0.0588. The molecule has 0 aliphatic heterocycles. The minimum atomic E-state index is -0.713. The zero-order valence-electron chi connectivity index (χ0n) is 12.2. The molecule has 22 heavy (non-hydrogen) atoms. The number of benzene rings is 2. The van der Waals surface area contributed by atoms with Crippen LogP contribution in [0.1, 0.15) is 12.5 Å². The third-order valence-corrected chi connectivity index (χ3v) is 3.01. The summed E-state index contributed by atoms with van der Waals surface area (Å²) >= 11 is 0. The Morgan fingerprint density at radius 1 is 0.955 bits per heavy atom. The fourth-order valence-corrected chi connectivity index (χ4v) is 1.97. The van der Waals surface area contributed by atoms with Gasteiger partial charge in [-0.3, -0.25) is 10.2 Å². The van der Waals surface area contributed by atoms with Crippen molar-refractivity contribution >= 4 is 11.6 Å². The van der Waals surface area contributed by atoms with Crippen LogP contribution in [0.5, 0.6) is 11.5 Å². The van der Waals surface area contributed by atoms with E-state index in [0.29, 0.717) is 11.3 Å². The van der Waals surface area contributed by atoms with Crippen LogP contribution in [-0.4, -0.2) is 11.6 Å². The van der Waals surface area contributed by atoms with Crippen molar-refractivity contribution in [3.05, 3.63) is 71.4 Å². The van der Waals surface area contributed by atoms with E-state index in [1.807, 2.05) is 30.3 Å². The Bertz CT molecular complexity index is 715. The second kappa shape index (κ2) is 6.58. The van der Waals surface area contributed by atoms with Crippen LogP contribution in [0, 0.1) is 5.41 Å². The molecule has 5 heteroatoms. The molecule has 2 rings (SSSR count). The number of rotatable bonds is 5. The molecule has 5 nitrogen and oxygen atoms in total. The Labute approximate surface area is 128 Å². The average Bonchev–Trinajstić information content (AvgIpc) is 2.48. The molecule has 0 atom stereocenters. The Morgan fingerprint density at radius 3 is 2.00 bits per heavy atom. The molecular weight excluding hydrogens is 278 g/mol. The maximum absolute atomic E-state index is 11.4. The summed E-state index contributed by atoms with van der Waals surface area (Å²) in [4.78, 5) is 11.4. The number of allylic oxidation sites excluding steroid dienone is 1. The summed E-state index contributed by atoms with van der Waals surface area (Å²) in [5.74, 6) is 0.646. The zero-order chi connectivity index (χ0) is 16.1. The van der Waals surface area contributed by atoms with Gasteiger partial charge in [-0.2, -0.15) is 0 Å². The summed E-state index contributed by atoms with van der Waals surface area (Å²) in [6.07, 6.45) is 0. The summed E-state index contributed by atoms with van der Waals surface area (Å²) < 4.78 is 5.67. The van der Waals surface area contributed by atoms with Crippen molar-refractivity contribution < 1.29 is 9.53 Å². The molecule has 0 saturated carbocycles. The van der Waals surface area contributed by atoms with Crippen molar-refractivity contribution in [2.75, 3.05) is 0 Å². The monoisotopic (exact) mass is 295 g/mol. The Kier molecular flexibility index (Phi) is 4.58. The highest BCUT2D eigenvalue weighted by Gasteiger charge is 2.15. The van der Waals surface area contributed by atoms with Crippen LogP contribution in [0.2, 0.25) is 0 Å². The summed E-state index contributed by atoms with van der Waals surface area (Å²) in [5.41, 5.74) is 11.7. The summed E-state index contributed by atoms with van der Waals surface area (Å²) in [6, 6.07) is 16.2. The molecule has 0 saturated heterocycles. The van der Waals surface area contributed by atoms with E-state index in [2.05, 4.69) is 0 Å². The van der Waals surface area contributed by atoms with E-state index in [-0.39, 0.29) is 17.0 Å². The van der Waals surface area contributed by atoms with Gasteiger partial charge in [0.25, 0.3) is 5.91 Å². The molecule has 112 valence electrons. The lowest BCUT2D eigenvalue weighted by atomic mass is 10.0. The Balaban J connectivity index is 2.20. The van der Waals surface area contributed by atoms with Crippen molar-refractivity contribution in [2.45, 2.75) is 6.92 Å². The topological polar surface area (TPSA) is 102 Å². The van der Waals surface area contributed by atoms with Crippen LogP contribution in [0.3, 0.4) is 0 Å². The van der Waals surface area contributed by atoms with E-state index < -0.39 is 5.91 Å². The highest BCUT2D eigenvalue weighted by Crippen LogP contribution is 2.22. The van der Waals surface area contributed by atoms with Crippen molar-refractivity contribution in [3.63, 3.8) is 0 Å². The first-order valence-corrected chi connectivity index (χ1v) is 6.67. The number of hydrogen-bond donors (Lipinski definition) is 3. The summed E-state index contributed by atoms with van der Waals surface area (Å²) in [7, 11) is 0. The number of primary amides is 1. The maximum atomic E-state index is 11.4. The number of nitrogens with two attached hydrogens (primary N) is 2. The molecule has 0 fully saturated rings. The predicted molar refractivity (Wildman–Crippen MR) is 85.9 cm³/mol. The third-order valence-electron chi connectivity index (χ3n) is 3.01. The highest BCUT2D eigenvalue weighted by atomic mass is 16.5. The van der Waals surface area contributed by atoms with Crippen LogP contribution in [0.4, 0.5) is 0 Å². The van der Waals surface area contributed by atoms with Gasteiger partial charge in [0.05, 0.1) is 11.3 Å². The van der Waals surface area contributed by atoms with Crippen molar-refractivity contribution in [1.29, 1.82) is 5.41 Å². The van der Waals surface area contributed by atoms with Crippen molar-refractivity contribution in [2.24, 2.45) is 11.5 Å². The first-order valence-electron chi connectivity index (χ1n) is 6.67. The number of carbonyl (C=O) groups is 1. The highest BCUT2D eigenvalue weighted by molar-refractivity contribution is 6.26. The molecule has 2 aromatic rings. The molecule has 0 aliphatic carbocycles. The van der Waals surface area contributed by atoms with Crippen LogP contribution in [0.25, 0.3) is 0 Å². The fourth-order valence-electron chi connectivity index (χ4n) is 1.97. The summed E-state index contributed by atoms with van der Waals surface area (Å²) in [5, 5.41) is 8.06. The molecule has 0 aromatic heterocycles. The zero-order valence-corrected chi connectivity index (χ0v) is 12.2. The molecule has 1 amide bonds. The van der Waals surface area contributed by atoms with Gasteiger partial charge in [-0.25, -0.2) is 0 Å². The largest absolute Gasteiger partial charge is 0.457 e. The minimum Gasteiger partial charge on any atom is -0.457 e. The van der Waals surface area contributed by atoms with Crippen molar-refractivity contribution in [3.8, 4) is 11.5 Å². The van der Waals surface area contributed by atoms with Crippen molar-refractivity contribution in [1.82, 2.24) is 0 Å². The van der Waals surface area contributed by atoms with Gasteiger partial charge in [-0.15, -0.1) is 0 Å². The van der Waals surface area contributed by atoms with Crippen LogP contribution >= 0.6 is 0 Å². The van der Waals surface area contributed by atoms with Gasteiger partial charge in [0.2, 0.25) is 0 Å². The maximum Gasteiger partial charge on any atom is 0.252 e. The molecule has 2 aromatic carbocycles. The first kappa shape index (κ1) is 15.3. The van der Waals surface area contributed by atoms with Crippen LogP contribution < -0.4 is 16.2 Å². The minimum absolute atomic E-state index is 0.00115. The molecular formula is C17H17N3O2. The quantitative estimate of drug-likeness (QED) is 0.583. The van der Waals surface area contributed by atoms with Gasteiger partial charge in [-0.05, 0) is 43.3 Å². The van der Waals surface area contributed by atoms with Gasteiger partial charge < -0.3 is 16.2 Å². The standard InChI is InChI=1S/C17H17N3O2/c1-11(18)15(17(20)21)16(19)12-7-9-14(10-8-12)22-13-5-3-2-4-6-13/h2-10,19H,18H2,1H3,(H2,20,21)/b15-11+,19-16?. The lowest BCUT2D eigenvalue weighted by Gasteiger charge is -2.10. The summed E-state index contributed by atoms with van der Waals surface area (Å²) in [6.45, 7) is 1.54. The first-order chi connectivity index (χ1) is 10.5. The molecule has 0 bridgehead atoms. The number of nitrogens with one attached hydrogen (secondary N) is 1. The number of amides is 1. The molecule has 0 radical (unpaired) electrons. The molecule has 0 aliphatic rings. The second-order valence-corrected chi connectivity index (χ2v) is 4.74. The number of ether oxygens (including phenoxy) is 1. The molecule has 5 N–H and O–H groups in total. The molecule has 0 heterocycles. The molecule has 0 spiro atoms. The third kappa shape index (κ3) is 3.52. The Morgan fingerprint density at radius 2 is 1.50 bits per heavy atom. The Hall–Kier alpha value is -3.08. The lowest BCUT2D eigenvalue weighted by molar-refractivity contribution is -0.114. The SMILES string of the molecule is C/C(N)=C(/C(=N)c1ccc(Oc2ccccc2)cc1)C(N)=O.